The molecular formula is C13H14O6. The summed E-state index contributed by atoms with van der Waals surface area (Å²) >= 11 is 0. The van der Waals surface area contributed by atoms with E-state index < -0.39 is 17.6 Å². The summed E-state index contributed by atoms with van der Waals surface area (Å²) in [5.41, 5.74) is -0.346. The first kappa shape index (κ1) is 14.7. The average Bonchev–Trinajstić information content (AvgIpc) is 2.26. The Morgan fingerprint density at radius 1 is 1.37 bits per heavy atom. The fourth-order valence-electron chi connectivity index (χ4n) is 1.17. The van der Waals surface area contributed by atoms with Crippen LogP contribution in [0.3, 0.4) is 0 Å². The van der Waals surface area contributed by atoms with Crippen molar-refractivity contribution in [1.29, 1.82) is 0 Å². The van der Waals surface area contributed by atoms with Crippen molar-refractivity contribution < 1.29 is 23.5 Å². The van der Waals surface area contributed by atoms with Gasteiger partial charge in [0.15, 0.2) is 0 Å². The molecule has 6 heteroatoms. The maximum atomic E-state index is 11.4. The molecule has 0 radical (unpaired) electrons. The van der Waals surface area contributed by atoms with Gasteiger partial charge >= 0.3 is 17.6 Å². The molecule has 102 valence electrons. The molecule has 1 aromatic heterocycles. The lowest BCUT2D eigenvalue weighted by atomic mass is 10.3. The minimum Gasteiger partial charge on any atom is -0.462 e. The van der Waals surface area contributed by atoms with Gasteiger partial charge in [0.1, 0.15) is 18.1 Å². The fraction of sp³-hybridized carbons (Fsp3) is 0.308. The van der Waals surface area contributed by atoms with Crippen LogP contribution < -0.4 is 10.4 Å². The van der Waals surface area contributed by atoms with Crippen LogP contribution in [-0.4, -0.2) is 18.5 Å². The molecule has 0 aliphatic rings. The van der Waals surface area contributed by atoms with E-state index in [9.17, 15) is 14.4 Å². The topological polar surface area (TPSA) is 82.8 Å². The van der Waals surface area contributed by atoms with Crippen LogP contribution in [0.15, 0.2) is 33.5 Å². The van der Waals surface area contributed by atoms with Gasteiger partial charge < -0.3 is 13.9 Å². The molecule has 0 aliphatic carbocycles. The van der Waals surface area contributed by atoms with Gasteiger partial charge in [-0.2, -0.15) is 0 Å². The molecule has 0 amide bonds. The van der Waals surface area contributed by atoms with E-state index in [4.69, 9.17) is 13.9 Å². The lowest BCUT2D eigenvalue weighted by Crippen LogP contribution is -2.15. The Labute approximate surface area is 109 Å². The molecule has 0 aliphatic heterocycles. The van der Waals surface area contributed by atoms with Crippen LogP contribution >= 0.6 is 0 Å². The van der Waals surface area contributed by atoms with Crippen LogP contribution in [0.25, 0.3) is 0 Å². The van der Waals surface area contributed by atoms with Crippen molar-refractivity contribution in [3.05, 3.63) is 40.5 Å². The van der Waals surface area contributed by atoms with E-state index in [-0.39, 0.29) is 24.4 Å². The number of esters is 2. The van der Waals surface area contributed by atoms with Crippen LogP contribution in [0, 0.1) is 6.92 Å². The van der Waals surface area contributed by atoms with Crippen molar-refractivity contribution in [2.24, 2.45) is 0 Å². The number of ether oxygens (including phenoxy) is 2. The number of hydrogen-bond acceptors (Lipinski definition) is 6. The third-order valence-corrected chi connectivity index (χ3v) is 1.99. The third-order valence-electron chi connectivity index (χ3n) is 1.99. The first-order valence-corrected chi connectivity index (χ1v) is 5.53. The number of carbonyl (C=O) groups excluding carboxylic acids is 2. The van der Waals surface area contributed by atoms with Gasteiger partial charge in [0.2, 0.25) is 0 Å². The van der Waals surface area contributed by atoms with Crippen LogP contribution in [-0.2, 0) is 14.3 Å². The summed E-state index contributed by atoms with van der Waals surface area (Å²) in [6.45, 7) is 6.37. The summed E-state index contributed by atoms with van der Waals surface area (Å²) in [5, 5.41) is 0. The predicted octanol–water partition coefficient (Wildman–Crippen LogP) is 1.36. The van der Waals surface area contributed by atoms with Crippen LogP contribution in [0.4, 0.5) is 0 Å². The SMILES string of the molecule is C=C(C)C(=O)OCCC(=O)Oc1cc(C)oc(=O)c1. The Morgan fingerprint density at radius 2 is 2.05 bits per heavy atom. The van der Waals surface area contributed by atoms with Crippen molar-refractivity contribution in [2.45, 2.75) is 20.3 Å². The van der Waals surface area contributed by atoms with Crippen molar-refractivity contribution in [3.8, 4) is 5.75 Å². The quantitative estimate of drug-likeness (QED) is 0.591. The molecule has 0 N–H and O–H groups in total. The van der Waals surface area contributed by atoms with Crippen LogP contribution in [0.5, 0.6) is 5.75 Å². The van der Waals surface area contributed by atoms with Gasteiger partial charge in [-0.25, -0.2) is 9.59 Å². The Balaban J connectivity index is 2.45. The summed E-state index contributed by atoms with van der Waals surface area (Å²) in [7, 11) is 0. The van der Waals surface area contributed by atoms with Gasteiger partial charge in [-0.3, -0.25) is 4.79 Å². The number of carbonyl (C=O) groups is 2. The summed E-state index contributed by atoms with van der Waals surface area (Å²) in [6.07, 6.45) is -0.113. The molecule has 6 nitrogen and oxygen atoms in total. The highest BCUT2D eigenvalue weighted by Crippen LogP contribution is 2.10. The maximum absolute atomic E-state index is 11.4. The largest absolute Gasteiger partial charge is 0.462 e. The van der Waals surface area contributed by atoms with E-state index in [1.165, 1.54) is 13.0 Å². The fourth-order valence-corrected chi connectivity index (χ4v) is 1.17. The molecule has 0 bridgehead atoms. The molecule has 1 aromatic rings. The average molecular weight is 266 g/mol. The van der Waals surface area contributed by atoms with Crippen molar-refractivity contribution >= 4 is 11.9 Å². The molecule has 0 saturated heterocycles. The minimum atomic E-state index is -0.612. The predicted molar refractivity (Wildman–Crippen MR) is 65.7 cm³/mol. The first-order chi connectivity index (χ1) is 8.88. The third kappa shape index (κ3) is 5.20. The highest BCUT2D eigenvalue weighted by Gasteiger charge is 2.09. The van der Waals surface area contributed by atoms with E-state index in [2.05, 4.69) is 6.58 Å². The highest BCUT2D eigenvalue weighted by molar-refractivity contribution is 5.87. The minimum absolute atomic E-state index is 0.102. The Bertz CT molecular complexity index is 554. The second kappa shape index (κ2) is 6.53. The molecule has 19 heavy (non-hydrogen) atoms. The molecular weight excluding hydrogens is 252 g/mol. The second-order valence-electron chi connectivity index (χ2n) is 3.86. The Kier molecular flexibility index (Phi) is 5.05. The van der Waals surface area contributed by atoms with Gasteiger partial charge in [-0.05, 0) is 13.8 Å². The summed E-state index contributed by atoms with van der Waals surface area (Å²) in [5.74, 6) is -0.738. The smallest absolute Gasteiger partial charge is 0.339 e. The molecule has 0 atom stereocenters. The van der Waals surface area contributed by atoms with Crippen LogP contribution in [0.2, 0.25) is 0 Å². The van der Waals surface area contributed by atoms with Gasteiger partial charge in [0, 0.05) is 11.6 Å². The number of rotatable bonds is 5. The zero-order valence-corrected chi connectivity index (χ0v) is 10.7. The molecule has 1 heterocycles. The van der Waals surface area contributed by atoms with E-state index in [1.54, 1.807) is 6.92 Å². The standard InChI is InChI=1S/C13H14O6/c1-8(2)13(16)17-5-4-11(14)19-10-6-9(3)18-12(15)7-10/h6-7H,1,4-5H2,2-3H3. The van der Waals surface area contributed by atoms with Crippen molar-refractivity contribution in [3.63, 3.8) is 0 Å². The van der Waals surface area contributed by atoms with Crippen molar-refractivity contribution in [1.82, 2.24) is 0 Å². The maximum Gasteiger partial charge on any atom is 0.339 e. The van der Waals surface area contributed by atoms with Gasteiger partial charge in [0.05, 0.1) is 12.5 Å². The lowest BCUT2D eigenvalue weighted by Gasteiger charge is -2.05. The molecule has 0 fully saturated rings. The van der Waals surface area contributed by atoms with E-state index >= 15 is 0 Å². The lowest BCUT2D eigenvalue weighted by molar-refractivity contribution is -0.142. The Hall–Kier alpha value is -2.37. The molecule has 0 unspecified atom stereocenters. The molecule has 0 spiro atoms. The first-order valence-electron chi connectivity index (χ1n) is 5.53. The number of hydrogen-bond donors (Lipinski definition) is 0. The van der Waals surface area contributed by atoms with E-state index in [0.717, 1.165) is 6.07 Å². The summed E-state index contributed by atoms with van der Waals surface area (Å²) in [6, 6.07) is 2.48. The summed E-state index contributed by atoms with van der Waals surface area (Å²) in [4.78, 5) is 33.5. The highest BCUT2D eigenvalue weighted by atomic mass is 16.6. The van der Waals surface area contributed by atoms with Crippen molar-refractivity contribution in [2.75, 3.05) is 6.61 Å². The second-order valence-corrected chi connectivity index (χ2v) is 3.86. The van der Waals surface area contributed by atoms with Gasteiger partial charge in [-0.15, -0.1) is 0 Å². The molecule has 0 aromatic carbocycles. The molecule has 1 rings (SSSR count). The van der Waals surface area contributed by atoms with Gasteiger partial charge in [0.25, 0.3) is 0 Å². The van der Waals surface area contributed by atoms with Crippen LogP contribution in [0.1, 0.15) is 19.1 Å². The zero-order chi connectivity index (χ0) is 14.4. The number of aryl methyl sites for hydroxylation is 1. The Morgan fingerprint density at radius 3 is 2.63 bits per heavy atom. The summed E-state index contributed by atoms with van der Waals surface area (Å²) < 4.78 is 14.4. The monoisotopic (exact) mass is 266 g/mol. The van der Waals surface area contributed by atoms with Gasteiger partial charge in [-0.1, -0.05) is 6.58 Å². The zero-order valence-electron chi connectivity index (χ0n) is 10.7. The van der Waals surface area contributed by atoms with E-state index in [0.29, 0.717) is 5.76 Å². The van der Waals surface area contributed by atoms with E-state index in [1.807, 2.05) is 0 Å². The molecule has 0 saturated carbocycles. The normalized spacial score (nSPS) is 9.79.